The number of hydrogen-bond donors (Lipinski definition) is 1. The predicted molar refractivity (Wildman–Crippen MR) is 71.3 cm³/mol. The van der Waals surface area contributed by atoms with E-state index in [0.717, 1.165) is 25.0 Å². The van der Waals surface area contributed by atoms with Crippen molar-refractivity contribution in [2.24, 2.45) is 18.0 Å². The largest absolute Gasteiger partial charge is 0.342 e. The molecule has 3 heteroatoms. The van der Waals surface area contributed by atoms with Crippen molar-refractivity contribution in [3.05, 3.63) is 35.0 Å². The van der Waals surface area contributed by atoms with E-state index in [1.807, 2.05) is 0 Å². The van der Waals surface area contributed by atoms with Crippen LogP contribution in [-0.4, -0.2) is 10.3 Å². The molecule has 0 spiro atoms. The van der Waals surface area contributed by atoms with Crippen LogP contribution < -0.4 is 5.84 Å². The molecule has 1 aromatic heterocycles. The molecule has 1 aromatic carbocycles. The maximum absolute atomic E-state index is 5.51. The van der Waals surface area contributed by atoms with E-state index in [9.17, 15) is 0 Å². The van der Waals surface area contributed by atoms with Crippen molar-refractivity contribution >= 4 is 16.6 Å². The van der Waals surface area contributed by atoms with Gasteiger partial charge in [-0.1, -0.05) is 11.6 Å². The van der Waals surface area contributed by atoms with E-state index >= 15 is 0 Å². The molecule has 1 heterocycles. The number of nitrogens with zero attached hydrogens (tertiary/aromatic N) is 2. The van der Waals surface area contributed by atoms with Crippen molar-refractivity contribution in [1.29, 1.82) is 0 Å². The summed E-state index contributed by atoms with van der Waals surface area (Å²) in [7, 11) is 2.10. The average molecular weight is 227 g/mol. The number of aromatic nitrogens is 1. The molecule has 0 saturated heterocycles. The zero-order valence-corrected chi connectivity index (χ0v) is 10.3. The molecular weight excluding hydrogens is 210 g/mol. The summed E-state index contributed by atoms with van der Waals surface area (Å²) < 4.78 is 2.23. The minimum absolute atomic E-state index is 0.993. The Morgan fingerprint density at radius 3 is 2.88 bits per heavy atom. The molecule has 0 amide bonds. The van der Waals surface area contributed by atoms with Crippen molar-refractivity contribution in [2.75, 3.05) is 0 Å². The van der Waals surface area contributed by atoms with Gasteiger partial charge in [0.1, 0.15) is 0 Å². The van der Waals surface area contributed by atoms with Crippen LogP contribution in [0.15, 0.2) is 23.3 Å². The zero-order valence-electron chi connectivity index (χ0n) is 10.3. The second-order valence-corrected chi connectivity index (χ2v) is 4.84. The molecule has 1 aliphatic rings. The van der Waals surface area contributed by atoms with E-state index in [1.165, 1.54) is 27.7 Å². The first-order chi connectivity index (χ1) is 8.22. The molecule has 0 saturated carbocycles. The first-order valence-corrected chi connectivity index (χ1v) is 6.07. The van der Waals surface area contributed by atoms with E-state index in [-0.39, 0.29) is 0 Å². The third kappa shape index (κ3) is 1.38. The molecular formula is C14H17N3. The van der Waals surface area contributed by atoms with Crippen LogP contribution in [0.3, 0.4) is 0 Å². The summed E-state index contributed by atoms with van der Waals surface area (Å²) in [6.07, 6.45) is 3.28. The van der Waals surface area contributed by atoms with Gasteiger partial charge < -0.3 is 10.4 Å². The van der Waals surface area contributed by atoms with E-state index in [0.29, 0.717) is 0 Å². The van der Waals surface area contributed by atoms with Crippen molar-refractivity contribution in [2.45, 2.75) is 26.2 Å². The lowest BCUT2D eigenvalue weighted by atomic mass is 9.93. The average Bonchev–Trinajstić information content (AvgIpc) is 2.63. The Kier molecular flexibility index (Phi) is 2.21. The first kappa shape index (κ1) is 10.4. The highest BCUT2D eigenvalue weighted by atomic mass is 15.1. The molecule has 0 bridgehead atoms. The van der Waals surface area contributed by atoms with Crippen LogP contribution in [0.4, 0.5) is 0 Å². The highest BCUT2D eigenvalue weighted by Crippen LogP contribution is 2.32. The molecule has 0 atom stereocenters. The molecule has 2 aromatic rings. The van der Waals surface area contributed by atoms with Crippen LogP contribution in [0.5, 0.6) is 0 Å². The lowest BCUT2D eigenvalue weighted by molar-refractivity contribution is 0.810. The number of fused-ring (bicyclic) bond motifs is 3. The fourth-order valence-corrected chi connectivity index (χ4v) is 2.93. The highest BCUT2D eigenvalue weighted by Gasteiger charge is 2.22. The minimum Gasteiger partial charge on any atom is -0.342 e. The summed E-state index contributed by atoms with van der Waals surface area (Å²) in [5.74, 6) is 5.51. The van der Waals surface area contributed by atoms with Crippen LogP contribution in [0, 0.1) is 6.92 Å². The third-order valence-electron chi connectivity index (χ3n) is 3.73. The summed E-state index contributed by atoms with van der Waals surface area (Å²) in [5, 5.41) is 5.33. The SMILES string of the molecule is Cc1ccc2c(c1)c1c(n2C)C(=NN)CCC1. The van der Waals surface area contributed by atoms with Crippen LogP contribution in [0.25, 0.3) is 10.9 Å². The number of hydrazone groups is 1. The fourth-order valence-electron chi connectivity index (χ4n) is 2.93. The Morgan fingerprint density at radius 2 is 2.12 bits per heavy atom. The van der Waals surface area contributed by atoms with E-state index < -0.39 is 0 Å². The van der Waals surface area contributed by atoms with Crippen molar-refractivity contribution < 1.29 is 0 Å². The van der Waals surface area contributed by atoms with Gasteiger partial charge in [0.2, 0.25) is 0 Å². The minimum atomic E-state index is 0.993. The molecule has 0 radical (unpaired) electrons. The van der Waals surface area contributed by atoms with Crippen molar-refractivity contribution in [1.82, 2.24) is 4.57 Å². The highest BCUT2D eigenvalue weighted by molar-refractivity contribution is 6.06. The van der Waals surface area contributed by atoms with Gasteiger partial charge >= 0.3 is 0 Å². The Bertz CT molecular complexity index is 620. The standard InChI is InChI=1S/C14H17N3/c1-9-6-7-13-11(8-9)10-4-3-5-12(16-15)14(10)17(13)2/h6-8H,3-5,15H2,1-2H3. The normalized spacial score (nSPS) is 17.6. The first-order valence-electron chi connectivity index (χ1n) is 6.07. The maximum atomic E-state index is 5.51. The van der Waals surface area contributed by atoms with E-state index in [2.05, 4.69) is 41.8 Å². The lowest BCUT2D eigenvalue weighted by Crippen LogP contribution is -2.16. The second kappa shape index (κ2) is 3.62. The third-order valence-corrected chi connectivity index (χ3v) is 3.73. The van der Waals surface area contributed by atoms with Crippen LogP contribution in [0.1, 0.15) is 29.7 Å². The summed E-state index contributed by atoms with van der Waals surface area (Å²) in [5.41, 5.74) is 6.29. The Morgan fingerprint density at radius 1 is 1.29 bits per heavy atom. The molecule has 2 N–H and O–H groups in total. The predicted octanol–water partition coefficient (Wildman–Crippen LogP) is 2.49. The smallest absolute Gasteiger partial charge is 0.0839 e. The monoisotopic (exact) mass is 227 g/mol. The molecule has 3 rings (SSSR count). The quantitative estimate of drug-likeness (QED) is 0.545. The van der Waals surface area contributed by atoms with Gasteiger partial charge in [0.15, 0.2) is 0 Å². The lowest BCUT2D eigenvalue weighted by Gasteiger charge is -2.15. The Balaban J connectivity index is 2.41. The molecule has 1 aliphatic carbocycles. The molecule has 0 fully saturated rings. The van der Waals surface area contributed by atoms with Gasteiger partial charge in [-0.15, -0.1) is 0 Å². The fraction of sp³-hybridized carbons (Fsp3) is 0.357. The second-order valence-electron chi connectivity index (χ2n) is 4.84. The summed E-state index contributed by atoms with van der Waals surface area (Å²) in [6, 6.07) is 6.62. The van der Waals surface area contributed by atoms with Gasteiger partial charge in [-0.05, 0) is 43.9 Å². The van der Waals surface area contributed by atoms with E-state index in [1.54, 1.807) is 0 Å². The number of rotatable bonds is 0. The summed E-state index contributed by atoms with van der Waals surface area (Å²) >= 11 is 0. The summed E-state index contributed by atoms with van der Waals surface area (Å²) in [4.78, 5) is 0. The summed E-state index contributed by atoms with van der Waals surface area (Å²) in [6.45, 7) is 2.14. The van der Waals surface area contributed by atoms with Gasteiger partial charge in [-0.2, -0.15) is 5.10 Å². The molecule has 0 aliphatic heterocycles. The van der Waals surface area contributed by atoms with Gasteiger partial charge in [0.05, 0.1) is 11.4 Å². The molecule has 0 unspecified atom stereocenters. The van der Waals surface area contributed by atoms with Crippen LogP contribution >= 0.6 is 0 Å². The van der Waals surface area contributed by atoms with Gasteiger partial charge in [0.25, 0.3) is 0 Å². The Hall–Kier alpha value is -1.77. The van der Waals surface area contributed by atoms with Crippen molar-refractivity contribution in [3.63, 3.8) is 0 Å². The zero-order chi connectivity index (χ0) is 12.0. The molecule has 17 heavy (non-hydrogen) atoms. The number of aryl methyl sites for hydroxylation is 3. The van der Waals surface area contributed by atoms with Crippen molar-refractivity contribution in [3.8, 4) is 0 Å². The van der Waals surface area contributed by atoms with E-state index in [4.69, 9.17) is 5.84 Å². The van der Waals surface area contributed by atoms with Crippen LogP contribution in [0.2, 0.25) is 0 Å². The van der Waals surface area contributed by atoms with Gasteiger partial charge in [0, 0.05) is 18.0 Å². The van der Waals surface area contributed by atoms with Gasteiger partial charge in [-0.3, -0.25) is 0 Å². The topological polar surface area (TPSA) is 43.3 Å². The van der Waals surface area contributed by atoms with Crippen LogP contribution in [-0.2, 0) is 13.5 Å². The number of nitrogens with two attached hydrogens (primary N) is 1. The number of benzene rings is 1. The Labute approximate surface area is 101 Å². The van der Waals surface area contributed by atoms with Gasteiger partial charge in [-0.25, -0.2) is 0 Å². The molecule has 88 valence electrons. The molecule has 3 nitrogen and oxygen atoms in total. The number of hydrogen-bond acceptors (Lipinski definition) is 2. The maximum Gasteiger partial charge on any atom is 0.0839 e.